The topological polar surface area (TPSA) is 64.7 Å². The predicted octanol–water partition coefficient (Wildman–Crippen LogP) is 4.07. The zero-order chi connectivity index (χ0) is 27.7. The number of hydrogen-bond donors (Lipinski definition) is 1. The van der Waals surface area contributed by atoms with Crippen LogP contribution in [0.15, 0.2) is 42.5 Å². The molecule has 0 aliphatic carbocycles. The van der Waals surface area contributed by atoms with E-state index in [4.69, 9.17) is 23.7 Å². The highest BCUT2D eigenvalue weighted by molar-refractivity contribution is 5.61. The van der Waals surface area contributed by atoms with Crippen molar-refractivity contribution in [3.05, 3.63) is 53.6 Å². The Kier molecular flexibility index (Phi) is 10.6. The highest BCUT2D eigenvalue weighted by Gasteiger charge is 2.34. The fourth-order valence-electron chi connectivity index (χ4n) is 6.35. The van der Waals surface area contributed by atoms with E-state index in [-0.39, 0.29) is 6.10 Å². The van der Waals surface area contributed by atoms with Crippen molar-refractivity contribution in [2.24, 2.45) is 0 Å². The molecule has 1 N–H and O–H groups in total. The van der Waals surface area contributed by atoms with E-state index in [0.717, 1.165) is 95.6 Å². The molecule has 0 radical (unpaired) electrons. The lowest BCUT2D eigenvalue weighted by Crippen LogP contribution is -2.50. The highest BCUT2D eigenvalue weighted by atomic mass is 16.5. The molecule has 0 saturated carbocycles. The molecule has 220 valence electrons. The van der Waals surface area contributed by atoms with Crippen molar-refractivity contribution in [1.29, 1.82) is 0 Å². The molecule has 3 aliphatic rings. The molecule has 5 rings (SSSR count). The number of methoxy groups -OCH3 is 2. The summed E-state index contributed by atoms with van der Waals surface area (Å²) >= 11 is 0. The molecule has 2 aromatic carbocycles. The van der Waals surface area contributed by atoms with E-state index < -0.39 is 0 Å². The smallest absolute Gasteiger partial charge is 0.142 e. The Balaban J connectivity index is 1.25. The first-order valence-electron chi connectivity index (χ1n) is 14.9. The van der Waals surface area contributed by atoms with E-state index >= 15 is 0 Å². The summed E-state index contributed by atoms with van der Waals surface area (Å²) in [6.07, 6.45) is 3.27. The van der Waals surface area contributed by atoms with Crippen LogP contribution in [0, 0.1) is 0 Å². The molecule has 0 bridgehead atoms. The third-order valence-electron chi connectivity index (χ3n) is 8.66. The average Bonchev–Trinajstić information content (AvgIpc) is 3.01. The monoisotopic (exact) mass is 553 g/mol. The van der Waals surface area contributed by atoms with Crippen molar-refractivity contribution >= 4 is 5.69 Å². The van der Waals surface area contributed by atoms with Crippen molar-refractivity contribution in [2.75, 3.05) is 78.3 Å². The van der Waals surface area contributed by atoms with Gasteiger partial charge < -0.3 is 33.9 Å². The van der Waals surface area contributed by atoms with Crippen molar-refractivity contribution in [2.45, 2.75) is 56.9 Å². The Hall–Kier alpha value is -2.36. The van der Waals surface area contributed by atoms with Gasteiger partial charge in [0.2, 0.25) is 0 Å². The first kappa shape index (κ1) is 29.1. The van der Waals surface area contributed by atoms with E-state index in [2.05, 4.69) is 64.5 Å². The highest BCUT2D eigenvalue weighted by Crippen LogP contribution is 2.35. The molecule has 0 aromatic heterocycles. The van der Waals surface area contributed by atoms with Gasteiger partial charge in [-0.15, -0.1) is 0 Å². The van der Waals surface area contributed by atoms with Crippen LogP contribution in [-0.4, -0.2) is 96.5 Å². The lowest BCUT2D eigenvalue weighted by Gasteiger charge is -2.40. The van der Waals surface area contributed by atoms with E-state index in [1.54, 1.807) is 14.2 Å². The summed E-state index contributed by atoms with van der Waals surface area (Å²) in [6.45, 7) is 10.9. The van der Waals surface area contributed by atoms with Crippen LogP contribution in [0.4, 0.5) is 5.69 Å². The minimum absolute atomic E-state index is 0.0911. The maximum absolute atomic E-state index is 6.69. The van der Waals surface area contributed by atoms with Crippen LogP contribution >= 0.6 is 0 Å². The van der Waals surface area contributed by atoms with Crippen LogP contribution in [0.2, 0.25) is 0 Å². The Bertz CT molecular complexity index is 1050. The molecule has 0 amide bonds. The van der Waals surface area contributed by atoms with Crippen LogP contribution in [-0.2, 0) is 20.8 Å². The molecule has 2 fully saturated rings. The van der Waals surface area contributed by atoms with E-state index in [1.807, 2.05) is 0 Å². The zero-order valence-corrected chi connectivity index (χ0v) is 24.5. The number of piperidine rings is 1. The van der Waals surface area contributed by atoms with Crippen molar-refractivity contribution in [1.82, 2.24) is 10.2 Å². The summed E-state index contributed by atoms with van der Waals surface area (Å²) in [5, 5.41) is 3.84. The molecule has 0 unspecified atom stereocenters. The summed E-state index contributed by atoms with van der Waals surface area (Å²) in [6, 6.07) is 16.0. The Morgan fingerprint density at radius 1 is 1.02 bits per heavy atom. The van der Waals surface area contributed by atoms with Gasteiger partial charge in [-0.05, 0) is 61.6 Å². The van der Waals surface area contributed by atoms with Gasteiger partial charge in [0.25, 0.3) is 0 Å². The number of fused-ring (bicyclic) bond motifs is 1. The van der Waals surface area contributed by atoms with E-state index in [1.165, 1.54) is 11.1 Å². The van der Waals surface area contributed by atoms with Gasteiger partial charge >= 0.3 is 0 Å². The first-order chi connectivity index (χ1) is 19.6. The molecule has 3 heterocycles. The van der Waals surface area contributed by atoms with Crippen molar-refractivity contribution in [3.8, 4) is 11.5 Å². The molecule has 40 heavy (non-hydrogen) atoms. The van der Waals surface area contributed by atoms with Gasteiger partial charge in [-0.1, -0.05) is 18.2 Å². The lowest BCUT2D eigenvalue weighted by atomic mass is 9.82. The molecule has 0 spiro atoms. The zero-order valence-electron chi connectivity index (χ0n) is 24.5. The second-order valence-electron chi connectivity index (χ2n) is 11.3. The SMILES string of the molecule is COCCCN1CCOc2ccc(CO[C@H]3CN[C@@H](C[C@@H](C)N4CCOCC4)C[C@@H]3c3ccc(OC)cc3)cc21. The third kappa shape index (κ3) is 7.47. The number of benzene rings is 2. The summed E-state index contributed by atoms with van der Waals surface area (Å²) in [7, 11) is 3.48. The summed E-state index contributed by atoms with van der Waals surface area (Å²) < 4.78 is 28.9. The van der Waals surface area contributed by atoms with Gasteiger partial charge in [0, 0.05) is 57.9 Å². The van der Waals surface area contributed by atoms with Crippen molar-refractivity contribution < 1.29 is 23.7 Å². The van der Waals surface area contributed by atoms with E-state index in [9.17, 15) is 0 Å². The Morgan fingerprint density at radius 2 is 1.85 bits per heavy atom. The second-order valence-corrected chi connectivity index (χ2v) is 11.3. The molecule has 2 aromatic rings. The maximum atomic E-state index is 6.69. The molecular weight excluding hydrogens is 506 g/mol. The van der Waals surface area contributed by atoms with Gasteiger partial charge in [0.1, 0.15) is 18.1 Å². The average molecular weight is 554 g/mol. The number of ether oxygens (including phenoxy) is 5. The standard InChI is InChI=1S/C32H47N3O5/c1-24(34-12-16-38-17-13-34)19-27-21-29(26-6-8-28(37-3)9-7-26)32(22-33-27)40-23-25-5-10-31-30(20-25)35(14-18-39-31)11-4-15-36-2/h5-10,20,24,27,29,32-33H,4,11-19,21-23H2,1-3H3/t24-,27+,29-,32+/m1/s1. The van der Waals surface area contributed by atoms with Crippen LogP contribution < -0.4 is 19.7 Å². The number of hydrogen-bond acceptors (Lipinski definition) is 8. The molecule has 8 nitrogen and oxygen atoms in total. The Morgan fingerprint density at radius 3 is 2.62 bits per heavy atom. The molecule has 2 saturated heterocycles. The largest absolute Gasteiger partial charge is 0.497 e. The lowest BCUT2D eigenvalue weighted by molar-refractivity contribution is -0.00590. The van der Waals surface area contributed by atoms with Crippen LogP contribution in [0.25, 0.3) is 0 Å². The van der Waals surface area contributed by atoms with Crippen LogP contribution in [0.5, 0.6) is 11.5 Å². The summed E-state index contributed by atoms with van der Waals surface area (Å²) in [4.78, 5) is 4.97. The fourth-order valence-corrected chi connectivity index (χ4v) is 6.35. The number of morpholine rings is 1. The van der Waals surface area contributed by atoms with E-state index in [0.29, 0.717) is 24.6 Å². The third-order valence-corrected chi connectivity index (χ3v) is 8.66. The quantitative estimate of drug-likeness (QED) is 0.395. The number of nitrogens with one attached hydrogen (secondary N) is 1. The number of anilines is 1. The summed E-state index contributed by atoms with van der Waals surface area (Å²) in [5.74, 6) is 2.17. The maximum Gasteiger partial charge on any atom is 0.142 e. The Labute approximate surface area is 239 Å². The molecule has 4 atom stereocenters. The normalized spacial score (nSPS) is 24.3. The first-order valence-corrected chi connectivity index (χ1v) is 14.9. The van der Waals surface area contributed by atoms with Gasteiger partial charge in [0.15, 0.2) is 0 Å². The van der Waals surface area contributed by atoms with Gasteiger partial charge in [-0.3, -0.25) is 4.90 Å². The van der Waals surface area contributed by atoms with Crippen LogP contribution in [0.3, 0.4) is 0 Å². The predicted molar refractivity (Wildman–Crippen MR) is 158 cm³/mol. The molecule has 3 aliphatic heterocycles. The summed E-state index contributed by atoms with van der Waals surface area (Å²) in [5.41, 5.74) is 3.66. The second kappa shape index (κ2) is 14.5. The number of nitrogens with zero attached hydrogens (tertiary/aromatic N) is 2. The minimum Gasteiger partial charge on any atom is -0.497 e. The van der Waals surface area contributed by atoms with Gasteiger partial charge in [0.05, 0.1) is 45.3 Å². The molecular formula is C32H47N3O5. The van der Waals surface area contributed by atoms with Gasteiger partial charge in [-0.25, -0.2) is 0 Å². The van der Waals surface area contributed by atoms with Crippen molar-refractivity contribution in [3.63, 3.8) is 0 Å². The fraction of sp³-hybridized carbons (Fsp3) is 0.625. The van der Waals surface area contributed by atoms with Gasteiger partial charge in [-0.2, -0.15) is 0 Å². The van der Waals surface area contributed by atoms with Crippen LogP contribution in [0.1, 0.15) is 43.2 Å². The number of rotatable bonds is 12. The molecule has 8 heteroatoms. The minimum atomic E-state index is 0.0911.